The Balaban J connectivity index is 1.30. The van der Waals surface area contributed by atoms with Crippen molar-refractivity contribution in [3.05, 3.63) is 100 Å². The van der Waals surface area contributed by atoms with Gasteiger partial charge in [0.25, 0.3) is 11.8 Å². The molecule has 2 saturated heterocycles. The number of carbonyl (C=O) groups excluding carboxylic acids is 2. The first-order valence-corrected chi connectivity index (χ1v) is 15.5. The molecule has 0 aliphatic carbocycles. The Morgan fingerprint density at radius 2 is 1.98 bits per heavy atom. The zero-order valence-corrected chi connectivity index (χ0v) is 24.5. The first-order valence-electron chi connectivity index (χ1n) is 14.6. The van der Waals surface area contributed by atoms with Gasteiger partial charge in [0.2, 0.25) is 0 Å². The highest BCUT2D eigenvalue weighted by Crippen LogP contribution is 2.35. The fourth-order valence-corrected chi connectivity index (χ4v) is 6.99. The minimum Gasteiger partial charge on any atom is -0.389 e. The van der Waals surface area contributed by atoms with Crippen LogP contribution in [0.5, 0.6) is 0 Å². The number of aromatic nitrogens is 3. The van der Waals surface area contributed by atoms with Crippen LogP contribution in [0.2, 0.25) is 0 Å². The number of hydrogen-bond acceptors (Lipinski definition) is 7. The maximum absolute atomic E-state index is 14.0. The SMILES string of the molecule is Cc1csc(C2CCCN2C(=O)c2cc(C(=O)N[C@@H](Cc3ccccc3)[C@H](O)C3CCCN3)cc(-n3ccnc3)c2)n1. The van der Waals surface area contributed by atoms with Crippen molar-refractivity contribution in [2.24, 2.45) is 0 Å². The van der Waals surface area contributed by atoms with Crippen LogP contribution >= 0.6 is 11.3 Å². The molecule has 10 heteroatoms. The summed E-state index contributed by atoms with van der Waals surface area (Å²) >= 11 is 1.58. The monoisotopic (exact) mass is 584 g/mol. The summed E-state index contributed by atoms with van der Waals surface area (Å²) in [6.07, 6.45) is 8.43. The van der Waals surface area contributed by atoms with Gasteiger partial charge >= 0.3 is 0 Å². The predicted octanol–water partition coefficient (Wildman–Crippen LogP) is 4.07. The van der Waals surface area contributed by atoms with Crippen LogP contribution in [0.1, 0.15) is 68.7 Å². The molecule has 4 aromatic rings. The molecule has 2 aliphatic heterocycles. The Kier molecular flexibility index (Phi) is 8.46. The van der Waals surface area contributed by atoms with Crippen LogP contribution in [-0.2, 0) is 6.42 Å². The second-order valence-corrected chi connectivity index (χ2v) is 12.1. The van der Waals surface area contributed by atoms with Gasteiger partial charge in [0.05, 0.1) is 24.5 Å². The van der Waals surface area contributed by atoms with Gasteiger partial charge in [-0.15, -0.1) is 11.3 Å². The number of nitrogens with one attached hydrogen (secondary N) is 2. The number of nitrogens with zero attached hydrogens (tertiary/aromatic N) is 4. The van der Waals surface area contributed by atoms with Crippen molar-refractivity contribution in [2.75, 3.05) is 13.1 Å². The summed E-state index contributed by atoms with van der Waals surface area (Å²) in [5.41, 5.74) is 3.44. The van der Waals surface area contributed by atoms with Crippen molar-refractivity contribution in [3.8, 4) is 5.69 Å². The summed E-state index contributed by atoms with van der Waals surface area (Å²) in [6, 6.07) is 14.4. The van der Waals surface area contributed by atoms with Crippen molar-refractivity contribution in [1.29, 1.82) is 0 Å². The molecule has 0 saturated carbocycles. The largest absolute Gasteiger partial charge is 0.389 e. The Hall–Kier alpha value is -3.86. The Morgan fingerprint density at radius 3 is 2.69 bits per heavy atom. The molecule has 3 N–H and O–H groups in total. The fourth-order valence-electron chi connectivity index (χ4n) is 6.04. The molecule has 218 valence electrons. The van der Waals surface area contributed by atoms with E-state index in [0.29, 0.717) is 29.8 Å². The molecule has 2 aromatic carbocycles. The van der Waals surface area contributed by atoms with Crippen LogP contribution < -0.4 is 10.6 Å². The average molecular weight is 585 g/mol. The Bertz CT molecular complexity index is 1520. The molecule has 2 aliphatic rings. The van der Waals surface area contributed by atoms with E-state index in [4.69, 9.17) is 0 Å². The van der Waals surface area contributed by atoms with Gasteiger partial charge in [-0.25, -0.2) is 9.97 Å². The van der Waals surface area contributed by atoms with Crippen LogP contribution in [0.15, 0.2) is 72.6 Å². The summed E-state index contributed by atoms with van der Waals surface area (Å²) in [5, 5.41) is 20.8. The van der Waals surface area contributed by atoms with Crippen LogP contribution in [0.4, 0.5) is 0 Å². The van der Waals surface area contributed by atoms with E-state index in [1.54, 1.807) is 46.8 Å². The number of aryl methyl sites for hydroxylation is 1. The van der Waals surface area contributed by atoms with Gasteiger partial charge in [0, 0.05) is 52.9 Å². The maximum atomic E-state index is 14.0. The fraction of sp³-hybridized carbons (Fsp3) is 0.375. The zero-order chi connectivity index (χ0) is 29.1. The molecule has 6 rings (SSSR count). The second kappa shape index (κ2) is 12.6. The van der Waals surface area contributed by atoms with E-state index in [1.165, 1.54) is 0 Å². The van der Waals surface area contributed by atoms with Gasteiger partial charge in [-0.05, 0) is 69.3 Å². The number of benzene rings is 2. The van der Waals surface area contributed by atoms with Gasteiger partial charge in [0.1, 0.15) is 5.01 Å². The normalized spacial score (nSPS) is 20.0. The lowest BCUT2D eigenvalue weighted by Crippen LogP contribution is -2.52. The first-order chi connectivity index (χ1) is 20.5. The van der Waals surface area contributed by atoms with E-state index in [1.807, 2.05) is 53.6 Å². The summed E-state index contributed by atoms with van der Waals surface area (Å²) in [5.74, 6) is -0.463. The summed E-state index contributed by atoms with van der Waals surface area (Å²) in [6.45, 7) is 3.45. The number of hydrogen-bond donors (Lipinski definition) is 3. The van der Waals surface area contributed by atoms with Crippen LogP contribution in [0.25, 0.3) is 5.69 Å². The van der Waals surface area contributed by atoms with Crippen LogP contribution in [0, 0.1) is 6.92 Å². The minimum absolute atomic E-state index is 0.0744. The van der Waals surface area contributed by atoms with E-state index in [9.17, 15) is 14.7 Å². The lowest BCUT2D eigenvalue weighted by atomic mass is 9.95. The van der Waals surface area contributed by atoms with Gasteiger partial charge in [-0.1, -0.05) is 30.3 Å². The highest BCUT2D eigenvalue weighted by Gasteiger charge is 2.34. The molecule has 0 bridgehead atoms. The highest BCUT2D eigenvalue weighted by molar-refractivity contribution is 7.09. The number of thiazole rings is 1. The van der Waals surface area contributed by atoms with Gasteiger partial charge < -0.3 is 25.2 Å². The van der Waals surface area contributed by atoms with Crippen molar-refractivity contribution in [1.82, 2.24) is 30.1 Å². The number of aliphatic hydroxyl groups is 1. The topological polar surface area (TPSA) is 112 Å². The van der Waals surface area contributed by atoms with E-state index in [2.05, 4.69) is 20.6 Å². The molecular formula is C32H36N6O3S. The van der Waals surface area contributed by atoms with Gasteiger partial charge in [-0.2, -0.15) is 0 Å². The third-order valence-electron chi connectivity index (χ3n) is 8.20. The molecule has 2 amide bonds. The summed E-state index contributed by atoms with van der Waals surface area (Å²) < 4.78 is 1.79. The highest BCUT2D eigenvalue weighted by atomic mass is 32.1. The lowest BCUT2D eigenvalue weighted by molar-refractivity contribution is 0.0733. The predicted molar refractivity (Wildman–Crippen MR) is 162 cm³/mol. The average Bonchev–Trinajstić information content (AvgIpc) is 3.84. The minimum atomic E-state index is -0.762. The number of aliphatic hydroxyl groups excluding tert-OH is 1. The molecule has 4 heterocycles. The molecule has 4 atom stereocenters. The number of rotatable bonds is 9. The Labute approximate surface area is 249 Å². The van der Waals surface area contributed by atoms with Crippen LogP contribution in [0.3, 0.4) is 0 Å². The standard InChI is InChI=1S/C32H36N6O3S/c1-21-19-42-31(35-21)28-10-6-13-38(28)32(41)24-16-23(17-25(18-24)37-14-12-33-20-37)30(40)36-27(15-22-7-3-2-4-8-22)29(39)26-9-5-11-34-26/h2-4,7-8,12,14,16-20,26-29,34,39H,5-6,9-11,13,15H2,1H3,(H,36,40)/t26?,27-,28?,29+/m0/s1. The van der Waals surface area contributed by atoms with Crippen LogP contribution in [-0.4, -0.2) is 67.6 Å². The maximum Gasteiger partial charge on any atom is 0.254 e. The molecule has 2 fully saturated rings. The quantitative estimate of drug-likeness (QED) is 0.274. The van der Waals surface area contributed by atoms with E-state index < -0.39 is 12.1 Å². The molecule has 42 heavy (non-hydrogen) atoms. The molecule has 0 spiro atoms. The van der Waals surface area contributed by atoms with Crippen molar-refractivity contribution >= 4 is 23.2 Å². The second-order valence-electron chi connectivity index (χ2n) is 11.2. The number of carbonyl (C=O) groups is 2. The lowest BCUT2D eigenvalue weighted by Gasteiger charge is -2.29. The molecular weight excluding hydrogens is 548 g/mol. The molecule has 0 radical (unpaired) electrons. The van der Waals surface area contributed by atoms with E-state index in [-0.39, 0.29) is 23.9 Å². The molecule has 2 aromatic heterocycles. The van der Waals surface area contributed by atoms with Crippen molar-refractivity contribution < 1.29 is 14.7 Å². The van der Waals surface area contributed by atoms with Crippen molar-refractivity contribution in [3.63, 3.8) is 0 Å². The van der Waals surface area contributed by atoms with Crippen molar-refractivity contribution in [2.45, 2.75) is 63.3 Å². The Morgan fingerprint density at radius 1 is 1.14 bits per heavy atom. The molecule has 2 unspecified atom stereocenters. The first kappa shape index (κ1) is 28.3. The number of likely N-dealkylation sites (tertiary alicyclic amines) is 1. The molecule has 9 nitrogen and oxygen atoms in total. The zero-order valence-electron chi connectivity index (χ0n) is 23.6. The van der Waals surface area contributed by atoms with Gasteiger partial charge in [-0.3, -0.25) is 9.59 Å². The smallest absolute Gasteiger partial charge is 0.254 e. The summed E-state index contributed by atoms with van der Waals surface area (Å²) in [4.78, 5) is 38.5. The third kappa shape index (κ3) is 6.16. The number of amides is 2. The summed E-state index contributed by atoms with van der Waals surface area (Å²) in [7, 11) is 0. The number of imidazole rings is 1. The van der Waals surface area contributed by atoms with Gasteiger partial charge in [0.15, 0.2) is 0 Å². The van der Waals surface area contributed by atoms with E-state index >= 15 is 0 Å². The third-order valence-corrected chi connectivity index (χ3v) is 9.27. The van der Waals surface area contributed by atoms with E-state index in [0.717, 1.165) is 48.5 Å².